The van der Waals surface area contributed by atoms with Gasteiger partial charge in [0, 0.05) is 18.1 Å². The number of hydrogen-bond donors (Lipinski definition) is 1. The van der Waals surface area contributed by atoms with Crippen molar-refractivity contribution >= 4 is 5.69 Å². The van der Waals surface area contributed by atoms with Crippen LogP contribution in [0.15, 0.2) is 36.9 Å². The number of hydrogen-bond acceptors (Lipinski definition) is 3. The molecule has 0 aliphatic carbocycles. The quantitative estimate of drug-likeness (QED) is 0.484. The molecule has 17 heavy (non-hydrogen) atoms. The summed E-state index contributed by atoms with van der Waals surface area (Å²) in [6, 6.07) is 5.97. The molecule has 0 amide bonds. The summed E-state index contributed by atoms with van der Waals surface area (Å²) < 4.78 is 0. The van der Waals surface area contributed by atoms with Crippen molar-refractivity contribution in [1.29, 1.82) is 0 Å². The first-order valence-electron chi connectivity index (χ1n) is 5.52. The largest absolute Gasteiger partial charge is 0.388 e. The maximum Gasteiger partial charge on any atom is 0.269 e. The highest BCUT2D eigenvalue weighted by molar-refractivity contribution is 5.34. The van der Waals surface area contributed by atoms with Crippen LogP contribution >= 0.6 is 0 Å². The minimum absolute atomic E-state index is 0.0284. The molecule has 4 heteroatoms. The van der Waals surface area contributed by atoms with Gasteiger partial charge in [0.1, 0.15) is 0 Å². The van der Waals surface area contributed by atoms with E-state index in [0.29, 0.717) is 5.56 Å². The van der Waals surface area contributed by atoms with Crippen molar-refractivity contribution in [1.82, 2.24) is 0 Å². The number of benzene rings is 1. The standard InChI is InChI=1S/C13H17NO3/c1-4-12(9(2)3)13(15)10-5-7-11(8-6-10)14(16)17/h4-9,12-13,15H,1H2,2-3H3. The number of nitrogens with zero attached hydrogens (tertiary/aromatic N) is 1. The summed E-state index contributed by atoms with van der Waals surface area (Å²) in [6.07, 6.45) is 1.05. The summed E-state index contributed by atoms with van der Waals surface area (Å²) in [5.74, 6) is 0.203. The first-order chi connectivity index (χ1) is 7.97. The normalized spacial score (nSPS) is 14.4. The van der Waals surface area contributed by atoms with Gasteiger partial charge in [0.25, 0.3) is 5.69 Å². The highest BCUT2D eigenvalue weighted by atomic mass is 16.6. The van der Waals surface area contributed by atoms with Gasteiger partial charge in [-0.25, -0.2) is 0 Å². The van der Waals surface area contributed by atoms with Crippen LogP contribution in [0.1, 0.15) is 25.5 Å². The summed E-state index contributed by atoms with van der Waals surface area (Å²) in [7, 11) is 0. The first-order valence-corrected chi connectivity index (χ1v) is 5.52. The molecule has 1 N–H and O–H groups in total. The number of nitro groups is 1. The second kappa shape index (κ2) is 5.59. The van der Waals surface area contributed by atoms with E-state index in [2.05, 4.69) is 6.58 Å². The fraction of sp³-hybridized carbons (Fsp3) is 0.385. The van der Waals surface area contributed by atoms with Crippen LogP contribution in [0.5, 0.6) is 0 Å². The third-order valence-corrected chi connectivity index (χ3v) is 2.85. The van der Waals surface area contributed by atoms with Crippen molar-refractivity contribution in [2.75, 3.05) is 0 Å². The number of aliphatic hydroxyl groups is 1. The van der Waals surface area contributed by atoms with Crippen molar-refractivity contribution < 1.29 is 10.0 Å². The van der Waals surface area contributed by atoms with Crippen LogP contribution in [0.3, 0.4) is 0 Å². The zero-order valence-electron chi connectivity index (χ0n) is 10.0. The van der Waals surface area contributed by atoms with Gasteiger partial charge in [-0.2, -0.15) is 0 Å². The van der Waals surface area contributed by atoms with Crippen molar-refractivity contribution in [2.45, 2.75) is 20.0 Å². The van der Waals surface area contributed by atoms with Crippen LogP contribution in [0.4, 0.5) is 5.69 Å². The van der Waals surface area contributed by atoms with Crippen molar-refractivity contribution in [2.24, 2.45) is 11.8 Å². The molecule has 0 aromatic heterocycles. The lowest BCUT2D eigenvalue weighted by Gasteiger charge is -2.23. The fourth-order valence-corrected chi connectivity index (χ4v) is 1.78. The Balaban J connectivity index is 2.92. The molecule has 0 aliphatic rings. The Morgan fingerprint density at radius 1 is 1.35 bits per heavy atom. The van der Waals surface area contributed by atoms with Gasteiger partial charge < -0.3 is 5.11 Å². The average molecular weight is 235 g/mol. The molecular formula is C13H17NO3. The van der Waals surface area contributed by atoms with Gasteiger partial charge in [-0.05, 0) is 23.6 Å². The molecule has 0 spiro atoms. The zero-order valence-corrected chi connectivity index (χ0v) is 10.0. The molecule has 1 aromatic carbocycles. The lowest BCUT2D eigenvalue weighted by atomic mass is 9.87. The number of nitro benzene ring substituents is 1. The molecule has 0 heterocycles. The molecule has 2 unspecified atom stereocenters. The van der Waals surface area contributed by atoms with E-state index in [1.165, 1.54) is 12.1 Å². The van der Waals surface area contributed by atoms with Gasteiger partial charge in [0.2, 0.25) is 0 Å². The van der Waals surface area contributed by atoms with Crippen LogP contribution < -0.4 is 0 Å². The molecule has 0 saturated heterocycles. The van der Waals surface area contributed by atoms with Crippen molar-refractivity contribution in [3.63, 3.8) is 0 Å². The Hall–Kier alpha value is -1.68. The van der Waals surface area contributed by atoms with Crippen molar-refractivity contribution in [3.05, 3.63) is 52.6 Å². The van der Waals surface area contributed by atoms with E-state index in [-0.39, 0.29) is 17.5 Å². The highest BCUT2D eigenvalue weighted by Gasteiger charge is 2.21. The summed E-state index contributed by atoms with van der Waals surface area (Å²) in [5.41, 5.74) is 0.704. The molecule has 0 saturated carbocycles. The van der Waals surface area contributed by atoms with Crippen LogP contribution in [0, 0.1) is 22.0 Å². The topological polar surface area (TPSA) is 63.4 Å². The Kier molecular flexibility index (Phi) is 4.40. The van der Waals surface area contributed by atoms with E-state index in [4.69, 9.17) is 0 Å². The lowest BCUT2D eigenvalue weighted by Crippen LogP contribution is -2.16. The molecule has 92 valence electrons. The van der Waals surface area contributed by atoms with Gasteiger partial charge >= 0.3 is 0 Å². The molecule has 0 fully saturated rings. The molecule has 1 rings (SSSR count). The highest BCUT2D eigenvalue weighted by Crippen LogP contribution is 2.29. The van der Waals surface area contributed by atoms with Crippen molar-refractivity contribution in [3.8, 4) is 0 Å². The first kappa shape index (κ1) is 13.4. The summed E-state index contributed by atoms with van der Waals surface area (Å²) in [4.78, 5) is 10.1. The number of rotatable bonds is 5. The minimum Gasteiger partial charge on any atom is -0.388 e. The summed E-state index contributed by atoms with van der Waals surface area (Å²) in [6.45, 7) is 7.71. The Morgan fingerprint density at radius 3 is 2.24 bits per heavy atom. The van der Waals surface area contributed by atoms with Gasteiger partial charge in [0.05, 0.1) is 11.0 Å². The molecule has 1 aromatic rings. The Labute approximate surface area is 101 Å². The Morgan fingerprint density at radius 2 is 1.88 bits per heavy atom. The maximum atomic E-state index is 10.5. The third kappa shape index (κ3) is 3.14. The average Bonchev–Trinajstić information content (AvgIpc) is 2.29. The van der Waals surface area contributed by atoms with E-state index in [0.717, 1.165) is 0 Å². The van der Waals surface area contributed by atoms with Gasteiger partial charge in [-0.1, -0.05) is 19.9 Å². The van der Waals surface area contributed by atoms with E-state index < -0.39 is 11.0 Å². The minimum atomic E-state index is -0.673. The van der Waals surface area contributed by atoms with Gasteiger partial charge in [-0.3, -0.25) is 10.1 Å². The molecule has 0 aliphatic heterocycles. The van der Waals surface area contributed by atoms with Gasteiger partial charge in [0.15, 0.2) is 0 Å². The lowest BCUT2D eigenvalue weighted by molar-refractivity contribution is -0.384. The Bertz CT molecular complexity index is 398. The smallest absolute Gasteiger partial charge is 0.269 e. The predicted octanol–water partition coefficient (Wildman–Crippen LogP) is 3.09. The molecular weight excluding hydrogens is 218 g/mol. The van der Waals surface area contributed by atoms with E-state index in [1.54, 1.807) is 18.2 Å². The van der Waals surface area contributed by atoms with Crippen LogP contribution in [-0.2, 0) is 0 Å². The summed E-state index contributed by atoms with van der Waals surface area (Å²) in [5, 5.41) is 20.6. The zero-order chi connectivity index (χ0) is 13.0. The van der Waals surface area contributed by atoms with Gasteiger partial charge in [-0.15, -0.1) is 6.58 Å². The monoisotopic (exact) mass is 235 g/mol. The maximum absolute atomic E-state index is 10.5. The second-order valence-electron chi connectivity index (χ2n) is 4.35. The van der Waals surface area contributed by atoms with E-state index in [1.807, 2.05) is 13.8 Å². The van der Waals surface area contributed by atoms with E-state index in [9.17, 15) is 15.2 Å². The fourth-order valence-electron chi connectivity index (χ4n) is 1.78. The predicted molar refractivity (Wildman–Crippen MR) is 66.6 cm³/mol. The summed E-state index contributed by atoms with van der Waals surface area (Å²) >= 11 is 0. The van der Waals surface area contributed by atoms with Crippen LogP contribution in [0.2, 0.25) is 0 Å². The SMILES string of the molecule is C=CC(C(C)C)C(O)c1ccc([N+](=O)[O-])cc1. The molecule has 2 atom stereocenters. The van der Waals surface area contributed by atoms with Crippen LogP contribution in [-0.4, -0.2) is 10.0 Å². The number of aliphatic hydroxyl groups excluding tert-OH is 1. The number of non-ortho nitro benzene ring substituents is 1. The third-order valence-electron chi connectivity index (χ3n) is 2.85. The molecule has 0 radical (unpaired) electrons. The molecule has 4 nitrogen and oxygen atoms in total. The van der Waals surface area contributed by atoms with Crippen LogP contribution in [0.25, 0.3) is 0 Å². The second-order valence-corrected chi connectivity index (χ2v) is 4.35. The molecule has 0 bridgehead atoms. The van der Waals surface area contributed by atoms with E-state index >= 15 is 0 Å².